The fourth-order valence-corrected chi connectivity index (χ4v) is 2.95. The maximum Gasteiger partial charge on any atom is 0.128 e. The molecule has 110 valence electrons. The van der Waals surface area contributed by atoms with Crippen LogP contribution in [0, 0.1) is 0 Å². The minimum Gasteiger partial charge on any atom is -0.352 e. The Labute approximate surface area is 129 Å². The van der Waals surface area contributed by atoms with E-state index >= 15 is 0 Å². The van der Waals surface area contributed by atoms with Gasteiger partial charge in [0.1, 0.15) is 5.82 Å². The summed E-state index contributed by atoms with van der Waals surface area (Å²) in [5, 5.41) is 2.10. The van der Waals surface area contributed by atoms with E-state index in [4.69, 9.17) is 4.84 Å². The van der Waals surface area contributed by atoms with E-state index in [-0.39, 0.29) is 0 Å². The molecule has 1 N–H and O–H groups in total. The average molecular weight is 301 g/mol. The summed E-state index contributed by atoms with van der Waals surface area (Å²) in [6.07, 6.45) is 5.91. The highest BCUT2D eigenvalue weighted by Gasteiger charge is 2.12. The number of thiophene rings is 1. The van der Waals surface area contributed by atoms with Gasteiger partial charge in [0.15, 0.2) is 0 Å². The van der Waals surface area contributed by atoms with Crippen molar-refractivity contribution < 1.29 is 4.84 Å². The summed E-state index contributed by atoms with van der Waals surface area (Å²) in [5.74, 6) is 1.03. The van der Waals surface area contributed by atoms with Crippen LogP contribution in [0.2, 0.25) is 0 Å². The van der Waals surface area contributed by atoms with E-state index in [1.807, 2.05) is 24.4 Å². The average Bonchev–Trinajstić information content (AvgIpc) is 3.06. The zero-order valence-corrected chi connectivity index (χ0v) is 12.7. The standard InChI is InChI=1S/C16H19N3OS/c1-2-9-17-16(5-1)19-10-6-14(7-11-19)18-20-12-8-15-4-3-13-21-15/h1-6,9,13,18H,7-8,10-12H2. The summed E-state index contributed by atoms with van der Waals surface area (Å²) in [6.45, 7) is 2.53. The zero-order valence-electron chi connectivity index (χ0n) is 11.9. The first-order chi connectivity index (χ1) is 10.4. The zero-order chi connectivity index (χ0) is 14.3. The summed E-state index contributed by atoms with van der Waals surface area (Å²) in [7, 11) is 0. The summed E-state index contributed by atoms with van der Waals surface area (Å²) >= 11 is 1.77. The lowest BCUT2D eigenvalue weighted by Gasteiger charge is -2.27. The predicted molar refractivity (Wildman–Crippen MR) is 86.3 cm³/mol. The largest absolute Gasteiger partial charge is 0.352 e. The Morgan fingerprint density at radius 3 is 3.00 bits per heavy atom. The van der Waals surface area contributed by atoms with Gasteiger partial charge in [0, 0.05) is 42.7 Å². The SMILES string of the molecule is C1=C(NOCCc2cccs2)CCN(c2ccccn2)C1. The third-order valence-electron chi connectivity index (χ3n) is 3.42. The summed E-state index contributed by atoms with van der Waals surface area (Å²) in [6, 6.07) is 10.2. The topological polar surface area (TPSA) is 37.4 Å². The highest BCUT2D eigenvalue weighted by Crippen LogP contribution is 2.15. The van der Waals surface area contributed by atoms with Gasteiger partial charge in [0.05, 0.1) is 6.61 Å². The second-order valence-electron chi connectivity index (χ2n) is 4.89. The molecule has 21 heavy (non-hydrogen) atoms. The van der Waals surface area contributed by atoms with Crippen LogP contribution in [0.3, 0.4) is 0 Å². The maximum absolute atomic E-state index is 5.54. The van der Waals surface area contributed by atoms with E-state index in [1.165, 1.54) is 4.88 Å². The van der Waals surface area contributed by atoms with Crippen LogP contribution >= 0.6 is 11.3 Å². The lowest BCUT2D eigenvalue weighted by molar-refractivity contribution is 0.0626. The van der Waals surface area contributed by atoms with Gasteiger partial charge < -0.3 is 4.90 Å². The van der Waals surface area contributed by atoms with E-state index in [0.717, 1.165) is 37.4 Å². The molecule has 0 aromatic carbocycles. The Kier molecular flexibility index (Phi) is 4.86. The van der Waals surface area contributed by atoms with E-state index in [2.05, 4.69) is 39.0 Å². The molecule has 1 aliphatic heterocycles. The first kappa shape index (κ1) is 14.1. The lowest BCUT2D eigenvalue weighted by atomic mass is 10.2. The normalized spacial score (nSPS) is 14.9. The molecular formula is C16H19N3OS. The van der Waals surface area contributed by atoms with Crippen LogP contribution in [0.1, 0.15) is 11.3 Å². The third-order valence-corrected chi connectivity index (χ3v) is 4.35. The number of hydrogen-bond acceptors (Lipinski definition) is 5. The number of hydroxylamine groups is 1. The van der Waals surface area contributed by atoms with Crippen LogP contribution in [-0.4, -0.2) is 24.7 Å². The van der Waals surface area contributed by atoms with Gasteiger partial charge in [0.2, 0.25) is 0 Å². The number of nitrogens with zero attached hydrogens (tertiary/aromatic N) is 2. The molecule has 0 spiro atoms. The second-order valence-corrected chi connectivity index (χ2v) is 5.93. The van der Waals surface area contributed by atoms with Gasteiger partial charge in [-0.05, 0) is 29.7 Å². The van der Waals surface area contributed by atoms with Gasteiger partial charge in [-0.2, -0.15) is 0 Å². The number of aromatic nitrogens is 1. The molecule has 0 atom stereocenters. The molecular weight excluding hydrogens is 282 g/mol. The van der Waals surface area contributed by atoms with Crippen molar-refractivity contribution >= 4 is 17.2 Å². The van der Waals surface area contributed by atoms with Crippen molar-refractivity contribution in [3.8, 4) is 0 Å². The van der Waals surface area contributed by atoms with Gasteiger partial charge in [-0.15, -0.1) is 11.3 Å². The number of nitrogens with one attached hydrogen (secondary N) is 1. The molecule has 0 amide bonds. The van der Waals surface area contributed by atoms with Gasteiger partial charge in [-0.1, -0.05) is 12.1 Å². The molecule has 4 nitrogen and oxygen atoms in total. The van der Waals surface area contributed by atoms with Crippen LogP contribution < -0.4 is 10.4 Å². The fourth-order valence-electron chi connectivity index (χ4n) is 2.26. The Hall–Kier alpha value is -1.85. The van der Waals surface area contributed by atoms with Crippen molar-refractivity contribution in [3.05, 3.63) is 58.6 Å². The number of anilines is 1. The lowest BCUT2D eigenvalue weighted by Crippen LogP contribution is -2.32. The molecule has 1 aliphatic rings. The van der Waals surface area contributed by atoms with E-state index in [0.29, 0.717) is 6.61 Å². The minimum atomic E-state index is 0.696. The highest BCUT2D eigenvalue weighted by molar-refractivity contribution is 7.09. The molecule has 0 unspecified atom stereocenters. The van der Waals surface area contributed by atoms with Crippen molar-refractivity contribution in [1.29, 1.82) is 0 Å². The van der Waals surface area contributed by atoms with Gasteiger partial charge in [-0.3, -0.25) is 10.3 Å². The number of hydrogen-bond donors (Lipinski definition) is 1. The van der Waals surface area contributed by atoms with Crippen molar-refractivity contribution in [1.82, 2.24) is 10.5 Å². The molecule has 0 bridgehead atoms. The van der Waals surface area contributed by atoms with Crippen LogP contribution in [-0.2, 0) is 11.3 Å². The van der Waals surface area contributed by atoms with Gasteiger partial charge in [0.25, 0.3) is 0 Å². The number of rotatable bonds is 6. The van der Waals surface area contributed by atoms with Crippen molar-refractivity contribution in [2.24, 2.45) is 0 Å². The Balaban J connectivity index is 1.41. The molecule has 3 rings (SSSR count). The first-order valence-electron chi connectivity index (χ1n) is 7.17. The van der Waals surface area contributed by atoms with Crippen molar-refractivity contribution in [2.75, 3.05) is 24.6 Å². The molecule has 0 saturated carbocycles. The third kappa shape index (κ3) is 4.06. The number of pyridine rings is 1. The first-order valence-corrected chi connectivity index (χ1v) is 8.05. The van der Waals surface area contributed by atoms with Crippen molar-refractivity contribution in [3.63, 3.8) is 0 Å². The molecule has 0 aliphatic carbocycles. The summed E-state index contributed by atoms with van der Waals surface area (Å²) in [4.78, 5) is 13.5. The molecule has 0 saturated heterocycles. The monoisotopic (exact) mass is 301 g/mol. The highest BCUT2D eigenvalue weighted by atomic mass is 32.1. The van der Waals surface area contributed by atoms with Crippen LogP contribution in [0.5, 0.6) is 0 Å². The van der Waals surface area contributed by atoms with Crippen molar-refractivity contribution in [2.45, 2.75) is 12.8 Å². The summed E-state index contributed by atoms with van der Waals surface area (Å²) in [5.41, 5.74) is 4.24. The molecule has 2 aromatic rings. The van der Waals surface area contributed by atoms with Crippen LogP contribution in [0.15, 0.2) is 53.7 Å². The van der Waals surface area contributed by atoms with E-state index in [9.17, 15) is 0 Å². The smallest absolute Gasteiger partial charge is 0.128 e. The van der Waals surface area contributed by atoms with E-state index < -0.39 is 0 Å². The fraction of sp³-hybridized carbons (Fsp3) is 0.312. The van der Waals surface area contributed by atoms with Gasteiger partial charge in [-0.25, -0.2) is 4.98 Å². The Morgan fingerprint density at radius 2 is 2.29 bits per heavy atom. The summed E-state index contributed by atoms with van der Waals surface area (Å²) < 4.78 is 0. The predicted octanol–water partition coefficient (Wildman–Crippen LogP) is 3.00. The molecule has 0 radical (unpaired) electrons. The minimum absolute atomic E-state index is 0.696. The molecule has 0 fully saturated rings. The second kappa shape index (κ2) is 7.24. The molecule has 2 aromatic heterocycles. The Bertz CT molecular complexity index is 568. The molecule has 5 heteroatoms. The van der Waals surface area contributed by atoms with Crippen LogP contribution in [0.25, 0.3) is 0 Å². The van der Waals surface area contributed by atoms with Crippen LogP contribution in [0.4, 0.5) is 5.82 Å². The Morgan fingerprint density at radius 1 is 1.29 bits per heavy atom. The maximum atomic E-state index is 5.54. The molecule has 3 heterocycles. The quantitative estimate of drug-likeness (QED) is 0.657. The van der Waals surface area contributed by atoms with E-state index in [1.54, 1.807) is 11.3 Å². The van der Waals surface area contributed by atoms with Gasteiger partial charge >= 0.3 is 0 Å².